The van der Waals surface area contributed by atoms with E-state index in [-0.39, 0.29) is 21.7 Å². The zero-order valence-electron chi connectivity index (χ0n) is 55.4. The predicted octanol–water partition coefficient (Wildman–Crippen LogP) is 24.1. The fraction of sp³-hybridized carbons (Fsp3) is 0.137. The molecule has 0 unspecified atom stereocenters. The molecular formula is C95H74. The Morgan fingerprint density at radius 1 is 0.211 bits per heavy atom. The van der Waals surface area contributed by atoms with Crippen molar-refractivity contribution in [1.82, 2.24) is 0 Å². The first kappa shape index (κ1) is 57.0. The van der Waals surface area contributed by atoms with Gasteiger partial charge in [0.25, 0.3) is 0 Å². The lowest BCUT2D eigenvalue weighted by molar-refractivity contribution is 0.659. The van der Waals surface area contributed by atoms with Gasteiger partial charge < -0.3 is 0 Å². The molecule has 0 heteroatoms. The summed E-state index contributed by atoms with van der Waals surface area (Å²) in [5.74, 6) is 0. The van der Waals surface area contributed by atoms with Crippen molar-refractivity contribution in [2.24, 2.45) is 0 Å². The zero-order chi connectivity index (χ0) is 64.3. The van der Waals surface area contributed by atoms with Gasteiger partial charge in [-0.15, -0.1) is 0 Å². The summed E-state index contributed by atoms with van der Waals surface area (Å²) < 4.78 is 0. The Hall–Kier alpha value is -10.7. The van der Waals surface area contributed by atoms with Crippen LogP contribution in [0.2, 0.25) is 0 Å². The highest BCUT2D eigenvalue weighted by atomic mass is 14.5. The molecule has 0 spiro atoms. The van der Waals surface area contributed by atoms with Gasteiger partial charge in [0.15, 0.2) is 0 Å². The molecule has 0 saturated heterocycles. The van der Waals surface area contributed by atoms with E-state index in [0.29, 0.717) is 0 Å². The second kappa shape index (κ2) is 20.7. The highest BCUT2D eigenvalue weighted by molar-refractivity contribution is 5.98. The minimum atomic E-state index is -0.561. The fourth-order valence-electron chi connectivity index (χ4n) is 18.0. The van der Waals surface area contributed by atoms with Crippen LogP contribution in [0.15, 0.2) is 291 Å². The van der Waals surface area contributed by atoms with Crippen molar-refractivity contribution >= 4 is 23.3 Å². The smallest absolute Gasteiger partial charge is 0.0619 e. The molecule has 0 atom stereocenters. The molecule has 5 aliphatic rings. The van der Waals surface area contributed by atoms with Crippen LogP contribution in [0.4, 0.5) is 0 Å². The lowest BCUT2D eigenvalue weighted by atomic mass is 9.67. The first-order valence-corrected chi connectivity index (χ1v) is 34.0. The van der Waals surface area contributed by atoms with E-state index >= 15 is 0 Å². The molecule has 95 heavy (non-hydrogen) atoms. The minimum Gasteiger partial charge on any atom is -0.0619 e. The summed E-state index contributed by atoms with van der Waals surface area (Å²) in [5.41, 5.74) is 40.5. The van der Waals surface area contributed by atoms with Crippen molar-refractivity contribution < 1.29 is 0 Å². The van der Waals surface area contributed by atoms with Crippen molar-refractivity contribution in [3.05, 3.63) is 391 Å². The third-order valence-electron chi connectivity index (χ3n) is 23.1. The summed E-state index contributed by atoms with van der Waals surface area (Å²) in [5, 5.41) is 0. The Kier molecular flexibility index (Phi) is 12.4. The SMILES string of the molecule is CC1(C)c2ccccc2-c2ccc(C(=Cc3ccc(-c4ccc(C5(c6ccc(C=C(c7ccc8c(c7)C(C)(C)c7ccccc7-8)c7ccc8c(c7)C(C)(C)c7ccccc7-8)cc6)c6ccccc6-c6ccccc65)cc4)cc3)c3ccc4c(c3)C(C)(C)c3ccccc3-4)cc21. The summed E-state index contributed by atoms with van der Waals surface area (Å²) in [4.78, 5) is 0. The Morgan fingerprint density at radius 3 is 0.726 bits per heavy atom. The molecule has 0 aliphatic heterocycles. The molecule has 454 valence electrons. The van der Waals surface area contributed by atoms with E-state index in [0.717, 1.165) is 5.56 Å². The summed E-state index contributed by atoms with van der Waals surface area (Å²) in [6, 6.07) is 111. The summed E-state index contributed by atoms with van der Waals surface area (Å²) in [7, 11) is 0. The molecule has 18 rings (SSSR count). The van der Waals surface area contributed by atoms with Crippen molar-refractivity contribution in [2.75, 3.05) is 0 Å². The molecule has 13 aromatic rings. The highest BCUT2D eigenvalue weighted by Gasteiger charge is 2.46. The van der Waals surface area contributed by atoms with Gasteiger partial charge in [-0.3, -0.25) is 0 Å². The summed E-state index contributed by atoms with van der Waals surface area (Å²) >= 11 is 0. The van der Waals surface area contributed by atoms with Crippen molar-refractivity contribution in [3.8, 4) is 66.8 Å². The van der Waals surface area contributed by atoms with Gasteiger partial charge in [-0.1, -0.05) is 322 Å². The Labute approximate surface area is 560 Å². The van der Waals surface area contributed by atoms with Gasteiger partial charge in [-0.05, 0) is 214 Å². The third-order valence-corrected chi connectivity index (χ3v) is 23.1. The van der Waals surface area contributed by atoms with Crippen LogP contribution in [-0.4, -0.2) is 0 Å². The molecule has 5 aliphatic carbocycles. The molecule has 0 fully saturated rings. The average Bonchev–Trinajstić information content (AvgIpc) is 1.51. The van der Waals surface area contributed by atoms with Gasteiger partial charge in [0.05, 0.1) is 5.41 Å². The van der Waals surface area contributed by atoms with Crippen molar-refractivity contribution in [2.45, 2.75) is 82.5 Å². The minimum absolute atomic E-state index is 0.116. The molecule has 0 bridgehead atoms. The molecule has 0 heterocycles. The molecule has 0 saturated carbocycles. The Balaban J connectivity index is 0.722. The molecule has 0 nitrogen and oxygen atoms in total. The Bertz CT molecular complexity index is 5170. The first-order valence-electron chi connectivity index (χ1n) is 34.0. The normalized spacial score (nSPS) is 15.6. The standard InChI is InChI=1S/C95H74/c1-91(2)81-27-15-9-21-69(81)75-49-41-63(55-87(75)91)79(64-42-50-76-70-22-10-16-28-82(70)92(3,4)88(76)56-64)53-59-33-37-61(38-34-59)62-39-47-68(48-40-62)95(85-31-19-13-25-73(85)74-26-14-20-32-86(74)95)67-45-35-60(36-46-67)54-80(65-43-51-77-71-23-11-17-29-83(71)93(5,6)89(77)57-65)66-44-52-78-72-24-12-18-30-84(72)94(7,8)90(78)58-66/h9-58H,1-8H3. The van der Waals surface area contributed by atoms with Crippen LogP contribution in [0, 0.1) is 0 Å². The van der Waals surface area contributed by atoms with Crippen LogP contribution >= 0.6 is 0 Å². The average molecular weight is 1220 g/mol. The second-order valence-corrected chi connectivity index (χ2v) is 29.5. The zero-order valence-corrected chi connectivity index (χ0v) is 55.4. The monoisotopic (exact) mass is 1210 g/mol. The lowest BCUT2D eigenvalue weighted by Gasteiger charge is -2.34. The van der Waals surface area contributed by atoms with E-state index < -0.39 is 5.41 Å². The quantitative estimate of drug-likeness (QED) is 0.126. The van der Waals surface area contributed by atoms with E-state index in [1.165, 1.54) is 172 Å². The maximum Gasteiger partial charge on any atom is 0.0713 e. The topological polar surface area (TPSA) is 0 Å². The van der Waals surface area contributed by atoms with E-state index in [1.54, 1.807) is 0 Å². The van der Waals surface area contributed by atoms with E-state index in [4.69, 9.17) is 0 Å². The van der Waals surface area contributed by atoms with Crippen LogP contribution in [-0.2, 0) is 27.1 Å². The first-order chi connectivity index (χ1) is 46.1. The molecule has 0 amide bonds. The van der Waals surface area contributed by atoms with Gasteiger partial charge in [-0.2, -0.15) is 0 Å². The number of hydrogen-bond donors (Lipinski definition) is 0. The number of benzene rings is 13. The van der Waals surface area contributed by atoms with E-state index in [9.17, 15) is 0 Å². The molecule has 0 radical (unpaired) electrons. The fourth-order valence-corrected chi connectivity index (χ4v) is 18.0. The summed E-state index contributed by atoms with van der Waals surface area (Å²) in [6.07, 6.45) is 4.86. The maximum atomic E-state index is 2.49. The predicted molar refractivity (Wildman–Crippen MR) is 399 cm³/mol. The van der Waals surface area contributed by atoms with Crippen molar-refractivity contribution in [3.63, 3.8) is 0 Å². The molecule has 0 N–H and O–H groups in total. The lowest BCUT2D eigenvalue weighted by Crippen LogP contribution is -2.28. The Morgan fingerprint density at radius 2 is 0.432 bits per heavy atom. The number of hydrogen-bond acceptors (Lipinski definition) is 0. The van der Waals surface area contributed by atoms with Crippen LogP contribution < -0.4 is 0 Å². The van der Waals surface area contributed by atoms with Gasteiger partial charge >= 0.3 is 0 Å². The number of fused-ring (bicyclic) bond motifs is 15. The van der Waals surface area contributed by atoms with Crippen LogP contribution in [0.5, 0.6) is 0 Å². The van der Waals surface area contributed by atoms with Gasteiger partial charge in [0, 0.05) is 21.7 Å². The van der Waals surface area contributed by atoms with Crippen LogP contribution in [0.25, 0.3) is 90.1 Å². The van der Waals surface area contributed by atoms with Crippen molar-refractivity contribution in [1.29, 1.82) is 0 Å². The second-order valence-electron chi connectivity index (χ2n) is 29.5. The molecular weight excluding hydrogens is 1140 g/mol. The third kappa shape index (κ3) is 8.33. The van der Waals surface area contributed by atoms with Crippen LogP contribution in [0.1, 0.15) is 156 Å². The van der Waals surface area contributed by atoms with Gasteiger partial charge in [0.2, 0.25) is 0 Å². The summed E-state index contributed by atoms with van der Waals surface area (Å²) in [6.45, 7) is 19.1. The number of rotatable bonds is 9. The molecule has 13 aromatic carbocycles. The van der Waals surface area contributed by atoms with Gasteiger partial charge in [-0.25, -0.2) is 0 Å². The van der Waals surface area contributed by atoms with E-state index in [1.807, 2.05) is 0 Å². The largest absolute Gasteiger partial charge is 0.0713 e. The highest BCUT2D eigenvalue weighted by Crippen LogP contribution is 2.58. The van der Waals surface area contributed by atoms with Gasteiger partial charge in [0.1, 0.15) is 0 Å². The maximum absolute atomic E-state index is 2.49. The molecule has 0 aromatic heterocycles. The van der Waals surface area contributed by atoms with Crippen LogP contribution in [0.3, 0.4) is 0 Å². The van der Waals surface area contributed by atoms with E-state index in [2.05, 4.69) is 359 Å².